The molecule has 1 fully saturated rings. The zero-order valence-corrected chi connectivity index (χ0v) is 16.6. The molecule has 0 radical (unpaired) electrons. The second kappa shape index (κ2) is 9.11. The summed E-state index contributed by atoms with van der Waals surface area (Å²) in [6, 6.07) is 7.96. The maximum atomic E-state index is 11.6. The lowest BCUT2D eigenvalue weighted by Crippen LogP contribution is -2.37. The fourth-order valence-corrected chi connectivity index (χ4v) is 3.25. The third kappa shape index (κ3) is 5.56. The lowest BCUT2D eigenvalue weighted by molar-refractivity contribution is -0.192. The summed E-state index contributed by atoms with van der Waals surface area (Å²) in [7, 11) is 0. The van der Waals surface area contributed by atoms with Gasteiger partial charge < -0.3 is 10.0 Å². The van der Waals surface area contributed by atoms with E-state index in [4.69, 9.17) is 9.90 Å². The van der Waals surface area contributed by atoms with Crippen LogP contribution in [0, 0.1) is 0 Å². The van der Waals surface area contributed by atoms with E-state index in [-0.39, 0.29) is 11.8 Å². The van der Waals surface area contributed by atoms with E-state index < -0.39 is 12.1 Å². The number of piperidine rings is 1. The van der Waals surface area contributed by atoms with Gasteiger partial charge in [-0.2, -0.15) is 18.3 Å². The highest BCUT2D eigenvalue weighted by Crippen LogP contribution is 2.26. The summed E-state index contributed by atoms with van der Waals surface area (Å²) in [6.45, 7) is 3.17. The van der Waals surface area contributed by atoms with Gasteiger partial charge in [-0.15, -0.1) is 0 Å². The number of halogens is 3. The first-order chi connectivity index (χ1) is 14.6. The number of aromatic nitrogens is 4. The van der Waals surface area contributed by atoms with Gasteiger partial charge in [0.1, 0.15) is 0 Å². The second-order valence-corrected chi connectivity index (χ2v) is 7.04. The predicted molar refractivity (Wildman–Crippen MR) is 104 cm³/mol. The SMILES string of the molecule is CC(=O)N1CCCC(c2nc3ccc(-c4cccnc4)cn3n2)C1.O=C(O)C(F)(F)F. The number of aliphatic carboxylic acids is 1. The summed E-state index contributed by atoms with van der Waals surface area (Å²) in [5, 5.41) is 11.8. The molecule has 1 atom stereocenters. The van der Waals surface area contributed by atoms with Gasteiger partial charge in [-0.05, 0) is 31.0 Å². The van der Waals surface area contributed by atoms with Gasteiger partial charge in [-0.3, -0.25) is 9.78 Å². The molecule has 8 nitrogen and oxygen atoms in total. The van der Waals surface area contributed by atoms with Crippen LogP contribution in [0.1, 0.15) is 31.5 Å². The lowest BCUT2D eigenvalue weighted by atomic mass is 9.97. The summed E-state index contributed by atoms with van der Waals surface area (Å²) >= 11 is 0. The van der Waals surface area contributed by atoms with Gasteiger partial charge in [0.05, 0.1) is 0 Å². The number of carbonyl (C=O) groups excluding carboxylic acids is 1. The van der Waals surface area contributed by atoms with Crippen molar-refractivity contribution < 1.29 is 27.9 Å². The van der Waals surface area contributed by atoms with E-state index in [1.165, 1.54) is 0 Å². The maximum absolute atomic E-state index is 11.6. The normalized spacial score (nSPS) is 16.5. The Kier molecular flexibility index (Phi) is 6.52. The smallest absolute Gasteiger partial charge is 0.475 e. The van der Waals surface area contributed by atoms with Gasteiger partial charge in [0.15, 0.2) is 11.5 Å². The number of rotatable bonds is 2. The topological polar surface area (TPSA) is 101 Å². The number of amides is 1. The van der Waals surface area contributed by atoms with Crippen LogP contribution in [0.25, 0.3) is 16.8 Å². The lowest BCUT2D eigenvalue weighted by Gasteiger charge is -2.30. The third-order valence-electron chi connectivity index (χ3n) is 4.82. The summed E-state index contributed by atoms with van der Waals surface area (Å²) < 4.78 is 33.6. The number of alkyl halides is 3. The Labute approximate surface area is 175 Å². The second-order valence-electron chi connectivity index (χ2n) is 7.04. The molecule has 0 aliphatic carbocycles. The number of fused-ring (bicyclic) bond motifs is 1. The largest absolute Gasteiger partial charge is 0.490 e. The molecule has 1 aliphatic heterocycles. The molecule has 1 amide bonds. The van der Waals surface area contributed by atoms with Crippen molar-refractivity contribution in [3.63, 3.8) is 0 Å². The van der Waals surface area contributed by atoms with Gasteiger partial charge >= 0.3 is 12.1 Å². The van der Waals surface area contributed by atoms with Gasteiger partial charge in [0, 0.05) is 55.6 Å². The zero-order chi connectivity index (χ0) is 22.6. The Hall–Kier alpha value is -3.50. The van der Waals surface area contributed by atoms with Crippen LogP contribution in [0.3, 0.4) is 0 Å². The average molecular weight is 435 g/mol. The highest BCUT2D eigenvalue weighted by atomic mass is 19.4. The van der Waals surface area contributed by atoms with Crippen LogP contribution in [-0.2, 0) is 9.59 Å². The first-order valence-electron chi connectivity index (χ1n) is 9.47. The quantitative estimate of drug-likeness (QED) is 0.664. The molecule has 3 aromatic rings. The molecular weight excluding hydrogens is 415 g/mol. The highest BCUT2D eigenvalue weighted by Gasteiger charge is 2.38. The summed E-state index contributed by atoms with van der Waals surface area (Å²) in [6.07, 6.45) is 2.52. The first-order valence-corrected chi connectivity index (χ1v) is 9.47. The fourth-order valence-electron chi connectivity index (χ4n) is 3.25. The van der Waals surface area contributed by atoms with Crippen molar-refractivity contribution in [2.45, 2.75) is 31.9 Å². The van der Waals surface area contributed by atoms with E-state index in [1.54, 1.807) is 13.1 Å². The van der Waals surface area contributed by atoms with Crippen LogP contribution in [0.4, 0.5) is 13.2 Å². The Bertz CT molecular complexity index is 1070. The van der Waals surface area contributed by atoms with Crippen LogP contribution >= 0.6 is 0 Å². The molecule has 11 heteroatoms. The van der Waals surface area contributed by atoms with E-state index in [2.05, 4.69) is 15.1 Å². The van der Waals surface area contributed by atoms with Crippen LogP contribution < -0.4 is 0 Å². The molecule has 4 rings (SSSR count). The number of pyridine rings is 2. The van der Waals surface area contributed by atoms with Gasteiger partial charge in [0.2, 0.25) is 5.91 Å². The standard InChI is InChI=1S/C18H19N5O.C2HF3O2/c1-13(24)22-9-3-5-16(11-22)18-20-17-7-6-15(12-23(17)21-18)14-4-2-8-19-10-14;3-2(4,5)1(6)7/h2,4,6-8,10,12,16H,3,5,9,11H2,1H3;(H,6,7). The first kappa shape index (κ1) is 22.2. The zero-order valence-electron chi connectivity index (χ0n) is 16.6. The Morgan fingerprint density at radius 1 is 1.19 bits per heavy atom. The number of hydrogen-bond acceptors (Lipinski definition) is 5. The monoisotopic (exact) mass is 435 g/mol. The van der Waals surface area contributed by atoms with Crippen LogP contribution in [0.15, 0.2) is 42.9 Å². The van der Waals surface area contributed by atoms with Crippen molar-refractivity contribution in [3.05, 3.63) is 48.7 Å². The average Bonchev–Trinajstić information content (AvgIpc) is 3.18. The predicted octanol–water partition coefficient (Wildman–Crippen LogP) is 3.15. The van der Waals surface area contributed by atoms with Crippen molar-refractivity contribution >= 4 is 17.5 Å². The number of nitrogens with zero attached hydrogens (tertiary/aromatic N) is 5. The van der Waals surface area contributed by atoms with E-state index >= 15 is 0 Å². The molecule has 0 spiro atoms. The summed E-state index contributed by atoms with van der Waals surface area (Å²) in [4.78, 5) is 31.2. The van der Waals surface area contributed by atoms with Crippen molar-refractivity contribution in [3.8, 4) is 11.1 Å². The molecule has 1 unspecified atom stereocenters. The minimum absolute atomic E-state index is 0.127. The van der Waals surface area contributed by atoms with Gasteiger partial charge in [-0.1, -0.05) is 6.07 Å². The van der Waals surface area contributed by atoms with Gasteiger partial charge in [-0.25, -0.2) is 14.3 Å². The summed E-state index contributed by atoms with van der Waals surface area (Å²) in [5.41, 5.74) is 2.94. The fraction of sp³-hybridized carbons (Fsp3) is 0.350. The molecule has 1 aliphatic rings. The molecule has 0 saturated carbocycles. The Balaban J connectivity index is 0.000000339. The number of hydrogen-bond donors (Lipinski definition) is 1. The minimum atomic E-state index is -5.08. The van der Waals surface area contributed by atoms with Crippen molar-refractivity contribution in [1.29, 1.82) is 0 Å². The molecule has 4 heterocycles. The van der Waals surface area contributed by atoms with E-state index in [1.807, 2.05) is 46.1 Å². The molecule has 164 valence electrons. The van der Waals surface area contributed by atoms with Crippen molar-refractivity contribution in [1.82, 2.24) is 24.5 Å². The van der Waals surface area contributed by atoms with Crippen molar-refractivity contribution in [2.75, 3.05) is 13.1 Å². The molecule has 1 N–H and O–H groups in total. The molecule has 0 bridgehead atoms. The number of carboxylic acids is 1. The number of likely N-dealkylation sites (tertiary alicyclic amines) is 1. The third-order valence-corrected chi connectivity index (χ3v) is 4.82. The Morgan fingerprint density at radius 2 is 1.94 bits per heavy atom. The molecule has 0 aromatic carbocycles. The highest BCUT2D eigenvalue weighted by molar-refractivity contribution is 5.73. The number of carboxylic acid groups (broad SMARTS) is 1. The van der Waals surface area contributed by atoms with Gasteiger partial charge in [0.25, 0.3) is 0 Å². The van der Waals surface area contributed by atoms with Crippen LogP contribution in [0.2, 0.25) is 0 Å². The Morgan fingerprint density at radius 3 is 2.55 bits per heavy atom. The molecular formula is C20H20F3N5O3. The van der Waals surface area contributed by atoms with E-state index in [9.17, 15) is 18.0 Å². The molecule has 31 heavy (non-hydrogen) atoms. The maximum Gasteiger partial charge on any atom is 0.490 e. The molecule has 1 saturated heterocycles. The van der Waals surface area contributed by atoms with E-state index in [0.29, 0.717) is 6.54 Å². The number of carbonyl (C=O) groups is 2. The summed E-state index contributed by atoms with van der Waals surface area (Å²) in [5.74, 6) is -1.59. The van der Waals surface area contributed by atoms with Crippen molar-refractivity contribution in [2.24, 2.45) is 0 Å². The van der Waals surface area contributed by atoms with E-state index in [0.717, 1.165) is 42.0 Å². The van der Waals surface area contributed by atoms with Crippen LogP contribution in [0.5, 0.6) is 0 Å². The van der Waals surface area contributed by atoms with Crippen LogP contribution in [-0.4, -0.2) is 60.7 Å². The molecule has 3 aromatic heterocycles. The minimum Gasteiger partial charge on any atom is -0.475 e.